The van der Waals surface area contributed by atoms with Gasteiger partial charge in [0.15, 0.2) is 12.4 Å². The topological polar surface area (TPSA) is 171 Å². The molecular formula is C16H18N4O8S2. The Balaban J connectivity index is 1.68. The zero-order chi connectivity index (χ0) is 22.1. The van der Waals surface area contributed by atoms with E-state index in [9.17, 15) is 28.3 Å². The molecule has 3 rings (SSSR count). The van der Waals surface area contributed by atoms with Gasteiger partial charge < -0.3 is 15.2 Å². The molecule has 0 unspecified atom stereocenters. The fraction of sp³-hybridized carbons (Fsp3) is 0.312. The van der Waals surface area contributed by atoms with Crippen LogP contribution in [0.4, 0.5) is 0 Å². The van der Waals surface area contributed by atoms with Crippen molar-refractivity contribution < 1.29 is 32.9 Å². The van der Waals surface area contributed by atoms with Crippen LogP contribution in [0.15, 0.2) is 39.7 Å². The Labute approximate surface area is 174 Å². The molecule has 0 spiro atoms. The number of hydrogen-bond acceptors (Lipinski definition) is 10. The van der Waals surface area contributed by atoms with Crippen LogP contribution in [0, 0.1) is 0 Å². The van der Waals surface area contributed by atoms with Gasteiger partial charge in [0.2, 0.25) is 5.43 Å². The van der Waals surface area contributed by atoms with E-state index in [0.717, 1.165) is 12.3 Å². The number of aromatic hydroxyl groups is 1. The number of amides is 1. The fourth-order valence-electron chi connectivity index (χ4n) is 2.83. The molecule has 14 heteroatoms. The number of oxime groups is 1. The van der Waals surface area contributed by atoms with Crippen LogP contribution in [-0.2, 0) is 26.5 Å². The first kappa shape index (κ1) is 21.8. The van der Waals surface area contributed by atoms with Gasteiger partial charge in [-0.3, -0.25) is 19.5 Å². The van der Waals surface area contributed by atoms with Crippen molar-refractivity contribution >= 4 is 33.3 Å². The second kappa shape index (κ2) is 8.43. The van der Waals surface area contributed by atoms with E-state index in [0.29, 0.717) is 19.6 Å². The number of carbonyl (C=O) groups excluding carboxylic acids is 1. The summed E-state index contributed by atoms with van der Waals surface area (Å²) in [5.41, 5.74) is -0.253. The molecule has 0 saturated carbocycles. The van der Waals surface area contributed by atoms with Crippen molar-refractivity contribution in [2.45, 2.75) is 25.6 Å². The van der Waals surface area contributed by atoms with Crippen LogP contribution in [0.5, 0.6) is 5.75 Å². The summed E-state index contributed by atoms with van der Waals surface area (Å²) in [5, 5.41) is 27.6. The molecule has 162 valence electrons. The lowest BCUT2D eigenvalue weighted by Crippen LogP contribution is -2.70. The average molecular weight is 458 g/mol. The second-order valence-corrected chi connectivity index (χ2v) is 8.60. The number of nitrogens with zero attached hydrogens (tertiary/aromatic N) is 3. The molecule has 12 nitrogen and oxygen atoms in total. The first-order valence-electron chi connectivity index (χ1n) is 8.50. The molecule has 1 saturated heterocycles. The Morgan fingerprint density at radius 3 is 2.73 bits per heavy atom. The first-order valence-corrected chi connectivity index (χ1v) is 10.8. The van der Waals surface area contributed by atoms with Gasteiger partial charge in [0.05, 0.1) is 17.1 Å². The number of carbonyl (C=O) groups is 1. The molecule has 3 heterocycles. The highest BCUT2D eigenvalue weighted by Gasteiger charge is 2.50. The van der Waals surface area contributed by atoms with E-state index in [-0.39, 0.29) is 18.8 Å². The lowest BCUT2D eigenvalue weighted by atomic mass is 10.0. The summed E-state index contributed by atoms with van der Waals surface area (Å²) < 4.78 is 32.3. The SMILES string of the molecule is C[C@H]1[C@H](NCC(=NOCc2cc(=O)c(O)cn2O)c2cccs2)C(=O)N1S(=O)(=O)O. The van der Waals surface area contributed by atoms with E-state index in [1.165, 1.54) is 18.3 Å². The summed E-state index contributed by atoms with van der Waals surface area (Å²) >= 11 is 1.35. The number of rotatable bonds is 8. The minimum absolute atomic E-state index is 0.0437. The molecule has 30 heavy (non-hydrogen) atoms. The van der Waals surface area contributed by atoms with E-state index in [1.54, 1.807) is 17.5 Å². The predicted molar refractivity (Wildman–Crippen MR) is 105 cm³/mol. The van der Waals surface area contributed by atoms with E-state index >= 15 is 0 Å². The third kappa shape index (κ3) is 4.46. The van der Waals surface area contributed by atoms with Gasteiger partial charge in [-0.1, -0.05) is 11.2 Å². The predicted octanol–water partition coefficient (Wildman–Crippen LogP) is -0.235. The standard InChI is InChI=1S/C16H18N4O8S2/c1-9-15(16(23)20(9)30(25,26)27)17-6-11(14-3-2-4-29-14)18-28-8-10-5-12(21)13(22)7-19(10)24/h2-5,7,9,15,17,22,24H,6,8H2,1H3,(H,25,26,27)/t9-,15-/m0/s1. The van der Waals surface area contributed by atoms with Crippen molar-refractivity contribution in [1.82, 2.24) is 14.4 Å². The third-order valence-corrected chi connectivity index (χ3v) is 6.28. The summed E-state index contributed by atoms with van der Waals surface area (Å²) in [6.07, 6.45) is 0.830. The molecule has 1 aliphatic heterocycles. The van der Waals surface area contributed by atoms with Crippen molar-refractivity contribution in [2.75, 3.05) is 6.54 Å². The van der Waals surface area contributed by atoms with Crippen molar-refractivity contribution in [3.8, 4) is 5.75 Å². The molecule has 0 radical (unpaired) electrons. The normalized spacial score (nSPS) is 19.6. The Morgan fingerprint density at radius 2 is 2.13 bits per heavy atom. The summed E-state index contributed by atoms with van der Waals surface area (Å²) in [7, 11) is -4.61. The van der Waals surface area contributed by atoms with Crippen LogP contribution in [0.1, 0.15) is 17.5 Å². The molecule has 0 aromatic carbocycles. The minimum atomic E-state index is -4.61. The zero-order valence-corrected chi connectivity index (χ0v) is 17.1. The van der Waals surface area contributed by atoms with E-state index < -0.39 is 39.5 Å². The van der Waals surface area contributed by atoms with Gasteiger partial charge in [0, 0.05) is 12.6 Å². The van der Waals surface area contributed by atoms with Gasteiger partial charge in [-0.2, -0.15) is 13.1 Å². The van der Waals surface area contributed by atoms with E-state index in [1.807, 2.05) is 0 Å². The summed E-state index contributed by atoms with van der Waals surface area (Å²) in [6.45, 7) is 1.23. The summed E-state index contributed by atoms with van der Waals surface area (Å²) in [4.78, 5) is 29.4. The van der Waals surface area contributed by atoms with Crippen LogP contribution in [0.3, 0.4) is 0 Å². The quantitative estimate of drug-likeness (QED) is 0.137. The molecule has 1 amide bonds. The van der Waals surface area contributed by atoms with Crippen molar-refractivity contribution in [3.63, 3.8) is 0 Å². The Kier molecular flexibility index (Phi) is 6.12. The average Bonchev–Trinajstić information content (AvgIpc) is 3.18. The van der Waals surface area contributed by atoms with Crippen LogP contribution in [0.25, 0.3) is 0 Å². The highest BCUT2D eigenvalue weighted by Crippen LogP contribution is 2.23. The van der Waals surface area contributed by atoms with Crippen molar-refractivity contribution in [1.29, 1.82) is 0 Å². The van der Waals surface area contributed by atoms with Gasteiger partial charge >= 0.3 is 10.3 Å². The largest absolute Gasteiger partial charge is 0.503 e. The van der Waals surface area contributed by atoms with Crippen molar-refractivity contribution in [2.24, 2.45) is 5.16 Å². The smallest absolute Gasteiger partial charge is 0.362 e. The monoisotopic (exact) mass is 458 g/mol. The van der Waals surface area contributed by atoms with Gasteiger partial charge in [0.1, 0.15) is 17.4 Å². The van der Waals surface area contributed by atoms with Crippen molar-refractivity contribution in [3.05, 3.63) is 50.6 Å². The van der Waals surface area contributed by atoms with Crippen LogP contribution < -0.4 is 10.7 Å². The van der Waals surface area contributed by atoms with Crippen LogP contribution in [-0.4, -0.2) is 62.6 Å². The van der Waals surface area contributed by atoms with E-state index in [4.69, 9.17) is 9.39 Å². The molecule has 2 aromatic heterocycles. The number of pyridine rings is 1. The Bertz CT molecular complexity index is 1130. The number of β-lactam (4-membered cyclic amide) rings is 1. The fourth-order valence-corrected chi connectivity index (χ4v) is 4.42. The maximum absolute atomic E-state index is 12.0. The highest BCUT2D eigenvalue weighted by atomic mass is 32.2. The number of thiophene rings is 1. The van der Waals surface area contributed by atoms with Crippen LogP contribution >= 0.6 is 11.3 Å². The molecule has 4 N–H and O–H groups in total. The third-order valence-electron chi connectivity index (χ3n) is 4.36. The molecular weight excluding hydrogens is 440 g/mol. The Hall–Kier alpha value is -2.94. The molecule has 2 atom stereocenters. The lowest BCUT2D eigenvalue weighted by Gasteiger charge is -2.42. The second-order valence-electron chi connectivity index (χ2n) is 6.36. The number of hydrogen-bond donors (Lipinski definition) is 4. The minimum Gasteiger partial charge on any atom is -0.503 e. The number of aromatic nitrogens is 1. The Morgan fingerprint density at radius 1 is 1.40 bits per heavy atom. The molecule has 0 aliphatic carbocycles. The maximum Gasteiger partial charge on any atom is 0.362 e. The maximum atomic E-state index is 12.0. The molecule has 2 aromatic rings. The molecule has 0 bridgehead atoms. The highest BCUT2D eigenvalue weighted by molar-refractivity contribution is 7.84. The summed E-state index contributed by atoms with van der Waals surface area (Å²) in [6, 6.07) is 2.91. The van der Waals surface area contributed by atoms with Gasteiger partial charge in [-0.15, -0.1) is 11.3 Å². The molecule has 1 aliphatic rings. The van der Waals surface area contributed by atoms with E-state index in [2.05, 4.69) is 10.5 Å². The first-order chi connectivity index (χ1) is 14.1. The molecule has 1 fully saturated rings. The van der Waals surface area contributed by atoms with Gasteiger partial charge in [0.25, 0.3) is 5.91 Å². The van der Waals surface area contributed by atoms with Gasteiger partial charge in [-0.25, -0.2) is 4.31 Å². The lowest BCUT2D eigenvalue weighted by molar-refractivity contribution is -0.141. The van der Waals surface area contributed by atoms with Crippen LogP contribution in [0.2, 0.25) is 0 Å². The number of nitrogens with one attached hydrogen (secondary N) is 1. The summed E-state index contributed by atoms with van der Waals surface area (Å²) in [5.74, 6) is -1.41. The van der Waals surface area contributed by atoms with Gasteiger partial charge in [-0.05, 0) is 18.4 Å². The zero-order valence-electron chi connectivity index (χ0n) is 15.5.